The molecule has 7 rings (SSSR count). The number of aromatic nitrogens is 4. The van der Waals surface area contributed by atoms with Crippen LogP contribution in [0, 0.1) is 5.41 Å². The predicted molar refractivity (Wildman–Crippen MR) is 172 cm³/mol. The van der Waals surface area contributed by atoms with Crippen LogP contribution in [0.4, 0.5) is 5.69 Å². The number of ether oxygens (including phenoxy) is 1. The molecule has 11 heteroatoms. The largest absolute Gasteiger partial charge is 0.486 e. The third kappa shape index (κ3) is 5.66. The van der Waals surface area contributed by atoms with Gasteiger partial charge in [0.15, 0.2) is 5.75 Å². The SMILES string of the molecule is CC1(COc2c(N3CCNC(c4cc(-n5ccc6cccnc65)ccc4C[SH+](=O)O)C3)cnn(-c3ccccc3)c2=O)CC1. The second kappa shape index (κ2) is 11.6. The number of piperazine rings is 1. The van der Waals surface area contributed by atoms with Crippen molar-refractivity contribution in [3.8, 4) is 17.1 Å². The highest BCUT2D eigenvalue weighted by Crippen LogP contribution is 2.45. The van der Waals surface area contributed by atoms with Crippen LogP contribution in [0.5, 0.6) is 5.75 Å². The smallest absolute Gasteiger partial charge is 0.316 e. The lowest BCUT2D eigenvalue weighted by Gasteiger charge is -2.36. The van der Waals surface area contributed by atoms with E-state index in [2.05, 4.69) is 33.3 Å². The van der Waals surface area contributed by atoms with Crippen molar-refractivity contribution in [3.05, 3.63) is 107 Å². The Morgan fingerprint density at radius 2 is 1.93 bits per heavy atom. The molecule has 1 aliphatic carbocycles. The van der Waals surface area contributed by atoms with Gasteiger partial charge in [0, 0.05) is 54.1 Å². The van der Waals surface area contributed by atoms with Crippen LogP contribution in [0.15, 0.2) is 90.1 Å². The minimum absolute atomic E-state index is 0.0510. The number of pyridine rings is 1. The highest BCUT2D eigenvalue weighted by molar-refractivity contribution is 7.78. The maximum atomic E-state index is 13.8. The molecule has 2 fully saturated rings. The van der Waals surface area contributed by atoms with Gasteiger partial charge in [-0.25, -0.2) is 4.98 Å². The zero-order chi connectivity index (χ0) is 30.3. The molecule has 3 aromatic heterocycles. The van der Waals surface area contributed by atoms with Crippen molar-refractivity contribution in [2.24, 2.45) is 5.41 Å². The number of para-hydroxylation sites is 1. The molecule has 0 radical (unpaired) electrons. The first-order chi connectivity index (χ1) is 21.4. The number of fused-ring (bicyclic) bond motifs is 1. The van der Waals surface area contributed by atoms with Crippen molar-refractivity contribution < 1.29 is 13.5 Å². The van der Waals surface area contributed by atoms with Crippen molar-refractivity contribution in [2.75, 3.05) is 31.1 Å². The van der Waals surface area contributed by atoms with E-state index in [0.29, 0.717) is 43.4 Å². The fourth-order valence-corrected chi connectivity index (χ4v) is 6.42. The van der Waals surface area contributed by atoms with E-state index in [9.17, 15) is 13.6 Å². The molecule has 2 atom stereocenters. The molecule has 5 aromatic rings. The fourth-order valence-electron chi connectivity index (χ4n) is 5.85. The summed E-state index contributed by atoms with van der Waals surface area (Å²) in [5.41, 5.74) is 4.62. The van der Waals surface area contributed by atoms with E-state index < -0.39 is 11.1 Å². The molecule has 2 unspecified atom stereocenters. The molecule has 2 N–H and O–H groups in total. The Bertz CT molecular complexity index is 1900. The van der Waals surface area contributed by atoms with E-state index in [0.717, 1.165) is 40.7 Å². The Morgan fingerprint density at radius 1 is 1.09 bits per heavy atom. The van der Waals surface area contributed by atoms with Gasteiger partial charge in [0.05, 0.1) is 24.5 Å². The van der Waals surface area contributed by atoms with E-state index in [1.807, 2.05) is 71.4 Å². The van der Waals surface area contributed by atoms with Crippen LogP contribution in [0.3, 0.4) is 0 Å². The minimum Gasteiger partial charge on any atom is -0.486 e. The number of nitrogens with one attached hydrogen (secondary N) is 1. The topological polar surface area (TPSA) is 115 Å². The molecule has 4 heterocycles. The Morgan fingerprint density at radius 3 is 2.73 bits per heavy atom. The monoisotopic (exact) mass is 611 g/mol. The van der Waals surface area contributed by atoms with Gasteiger partial charge in [0.1, 0.15) is 11.3 Å². The second-order valence-electron chi connectivity index (χ2n) is 12.0. The molecule has 1 saturated heterocycles. The molecular formula is C33H35N6O4S+. The summed E-state index contributed by atoms with van der Waals surface area (Å²) in [7, 11) is 0. The lowest BCUT2D eigenvalue weighted by Crippen LogP contribution is -2.47. The van der Waals surface area contributed by atoms with Crippen molar-refractivity contribution in [3.63, 3.8) is 0 Å². The van der Waals surface area contributed by atoms with Crippen LogP contribution in [0.1, 0.15) is 36.9 Å². The van der Waals surface area contributed by atoms with Gasteiger partial charge in [0.25, 0.3) is 0 Å². The summed E-state index contributed by atoms with van der Waals surface area (Å²) in [5.74, 6) is 0.352. The first-order valence-corrected chi connectivity index (χ1v) is 16.3. The minimum atomic E-state index is -2.38. The highest BCUT2D eigenvalue weighted by atomic mass is 32.2. The van der Waals surface area contributed by atoms with Crippen LogP contribution in [-0.2, 0) is 21.0 Å². The lowest BCUT2D eigenvalue weighted by atomic mass is 9.98. The second-order valence-corrected chi connectivity index (χ2v) is 13.0. The number of rotatable bonds is 9. The number of hydrogen-bond donors (Lipinski definition) is 2. The van der Waals surface area contributed by atoms with E-state index in [-0.39, 0.29) is 22.8 Å². The highest BCUT2D eigenvalue weighted by Gasteiger charge is 2.39. The van der Waals surface area contributed by atoms with Crippen molar-refractivity contribution in [2.45, 2.75) is 31.6 Å². The molecule has 1 saturated carbocycles. The number of anilines is 1. The van der Waals surface area contributed by atoms with E-state index >= 15 is 0 Å². The summed E-state index contributed by atoms with van der Waals surface area (Å²) in [5, 5.41) is 9.20. The first kappa shape index (κ1) is 28.5. The molecule has 0 amide bonds. The molecule has 10 nitrogen and oxygen atoms in total. The standard InChI is InChI=1S/C33H34N6O4S/c1-33(12-13-33)22-43-30-29(19-36-39(32(30)40)25-7-3-2-4-8-25)37-17-15-34-28(20-37)27-18-26(10-9-24(27)21-44(41)42)38-16-11-23-6-5-14-35-31(23)38/h2-11,14,16,18-19,28,34H,12-13,15,17,20-22H2,1H3,(H,41,42)/p+1. The molecule has 2 aromatic carbocycles. The Kier molecular flexibility index (Phi) is 7.53. The maximum Gasteiger partial charge on any atom is 0.316 e. The molecule has 0 bridgehead atoms. The summed E-state index contributed by atoms with van der Waals surface area (Å²) >= 11 is -2.38. The molecular weight excluding hydrogens is 576 g/mol. The number of thiol groups is 1. The summed E-state index contributed by atoms with van der Waals surface area (Å²) < 4.78 is 31.6. The first-order valence-electron chi connectivity index (χ1n) is 14.9. The van der Waals surface area contributed by atoms with Gasteiger partial charge in [-0.2, -0.15) is 14.3 Å². The molecule has 226 valence electrons. The summed E-state index contributed by atoms with van der Waals surface area (Å²) in [4.78, 5) is 20.5. The summed E-state index contributed by atoms with van der Waals surface area (Å²) in [6.45, 7) is 4.46. The Hall–Kier alpha value is -4.32. The summed E-state index contributed by atoms with van der Waals surface area (Å²) in [6.07, 6.45) is 7.64. The number of benzene rings is 2. The predicted octanol–water partition coefficient (Wildman–Crippen LogP) is 4.57. The quantitative estimate of drug-likeness (QED) is 0.184. The zero-order valence-electron chi connectivity index (χ0n) is 24.5. The molecule has 44 heavy (non-hydrogen) atoms. The number of nitrogens with zero attached hydrogens (tertiary/aromatic N) is 5. The van der Waals surface area contributed by atoms with Crippen molar-refractivity contribution in [1.29, 1.82) is 0 Å². The Labute approximate surface area is 257 Å². The van der Waals surface area contributed by atoms with Gasteiger partial charge in [0.2, 0.25) is 16.8 Å². The van der Waals surface area contributed by atoms with Crippen LogP contribution in [0.25, 0.3) is 22.4 Å². The van der Waals surface area contributed by atoms with Crippen molar-refractivity contribution >= 4 is 27.8 Å². The average molecular weight is 612 g/mol. The average Bonchev–Trinajstić information content (AvgIpc) is 3.62. The van der Waals surface area contributed by atoms with Crippen LogP contribution < -0.4 is 20.5 Å². The van der Waals surface area contributed by atoms with Crippen molar-refractivity contribution in [1.82, 2.24) is 24.6 Å². The third-order valence-electron chi connectivity index (χ3n) is 8.64. The Balaban J connectivity index is 1.25. The van der Waals surface area contributed by atoms with Gasteiger partial charge >= 0.3 is 5.56 Å². The maximum absolute atomic E-state index is 13.8. The van der Waals surface area contributed by atoms with Gasteiger partial charge < -0.3 is 19.5 Å². The molecule has 2 aliphatic rings. The summed E-state index contributed by atoms with van der Waals surface area (Å²) in [6, 6.07) is 21.1. The zero-order valence-corrected chi connectivity index (χ0v) is 25.4. The van der Waals surface area contributed by atoms with Gasteiger partial charge in [-0.15, -0.1) is 0 Å². The van der Waals surface area contributed by atoms with Crippen LogP contribution in [-0.4, -0.2) is 50.1 Å². The lowest BCUT2D eigenvalue weighted by molar-refractivity contribution is 0.243. The van der Waals surface area contributed by atoms with E-state index in [1.54, 1.807) is 12.4 Å². The van der Waals surface area contributed by atoms with Crippen LogP contribution >= 0.6 is 0 Å². The molecule has 0 spiro atoms. The number of hydrogen-bond acceptors (Lipinski definition) is 7. The molecule has 1 aliphatic heterocycles. The fraction of sp³-hybridized carbons (Fsp3) is 0.303. The normalized spacial score (nSPS) is 18.3. The van der Waals surface area contributed by atoms with Gasteiger partial charge in [-0.3, -0.25) is 4.79 Å². The third-order valence-corrected chi connectivity index (χ3v) is 9.25. The van der Waals surface area contributed by atoms with Crippen LogP contribution in [0.2, 0.25) is 0 Å². The van der Waals surface area contributed by atoms with Gasteiger partial charge in [-0.05, 0) is 60.9 Å². The van der Waals surface area contributed by atoms with E-state index in [1.165, 1.54) is 4.68 Å². The van der Waals surface area contributed by atoms with E-state index in [4.69, 9.17) is 4.74 Å². The van der Waals surface area contributed by atoms with Gasteiger partial charge in [-0.1, -0.05) is 35.4 Å².